The van der Waals surface area contributed by atoms with E-state index in [1.54, 1.807) is 13.0 Å². The van der Waals surface area contributed by atoms with E-state index in [1.165, 1.54) is 6.07 Å². The lowest BCUT2D eigenvalue weighted by atomic mass is 10.2. The first-order valence-electron chi connectivity index (χ1n) is 5.09. The van der Waals surface area contributed by atoms with Crippen LogP contribution in [-0.4, -0.2) is 26.3 Å². The van der Waals surface area contributed by atoms with E-state index in [4.69, 9.17) is 15.4 Å². The van der Waals surface area contributed by atoms with E-state index in [1.807, 2.05) is 0 Å². The van der Waals surface area contributed by atoms with Gasteiger partial charge >= 0.3 is 5.51 Å². The summed E-state index contributed by atoms with van der Waals surface area (Å²) in [5.41, 5.74) is -3.89. The summed E-state index contributed by atoms with van der Waals surface area (Å²) in [6, 6.07) is 2.82. The maximum atomic E-state index is 12.0. The molecule has 0 bridgehead atoms. The van der Waals surface area contributed by atoms with Crippen molar-refractivity contribution in [3.05, 3.63) is 22.2 Å². The molecule has 3 nitrogen and oxygen atoms in total. The Kier molecular flexibility index (Phi) is 6.06. The van der Waals surface area contributed by atoms with Crippen LogP contribution in [0.5, 0.6) is 5.75 Å². The number of hydrogen-bond donors (Lipinski definition) is 0. The van der Waals surface area contributed by atoms with Gasteiger partial charge < -0.3 is 4.74 Å². The molecule has 0 spiro atoms. The van der Waals surface area contributed by atoms with Crippen molar-refractivity contribution in [1.82, 2.24) is 0 Å². The minimum atomic E-state index is -4.35. The molecular weight excluding hydrogens is 405 g/mol. The molecule has 0 aromatic heterocycles. The van der Waals surface area contributed by atoms with Crippen LogP contribution in [0.15, 0.2) is 21.5 Å². The van der Waals surface area contributed by atoms with Crippen LogP contribution in [0.4, 0.5) is 13.2 Å². The topological polar surface area (TPSA) is 43.4 Å². The van der Waals surface area contributed by atoms with Crippen molar-refractivity contribution >= 4 is 47.4 Å². The molecule has 0 aliphatic rings. The van der Waals surface area contributed by atoms with Gasteiger partial charge in [0, 0.05) is 20.9 Å². The summed E-state index contributed by atoms with van der Waals surface area (Å²) in [4.78, 5) is -0.275. The second-order valence-corrected chi connectivity index (χ2v) is 8.24. The predicted octanol–water partition coefficient (Wildman–Crippen LogP) is 4.32. The van der Waals surface area contributed by atoms with Crippen molar-refractivity contribution in [3.8, 4) is 5.75 Å². The normalized spacial score (nSPS) is 12.5. The van der Waals surface area contributed by atoms with Gasteiger partial charge in [-0.15, -0.1) is 0 Å². The summed E-state index contributed by atoms with van der Waals surface area (Å²) >= 11 is 2.87. The van der Waals surface area contributed by atoms with Gasteiger partial charge in [-0.2, -0.15) is 13.2 Å². The van der Waals surface area contributed by atoms with E-state index < -0.39 is 14.6 Å². The van der Waals surface area contributed by atoms with Gasteiger partial charge in [0.2, 0.25) is 0 Å². The Morgan fingerprint density at radius 1 is 1.40 bits per heavy atom. The smallest absolute Gasteiger partial charge is 0.441 e. The van der Waals surface area contributed by atoms with Gasteiger partial charge in [-0.1, -0.05) is 15.9 Å². The highest BCUT2D eigenvalue weighted by atomic mass is 79.9. The van der Waals surface area contributed by atoms with Gasteiger partial charge in [0.25, 0.3) is 9.05 Å². The number of hydrogen-bond acceptors (Lipinski definition) is 4. The molecule has 20 heavy (non-hydrogen) atoms. The van der Waals surface area contributed by atoms with Crippen LogP contribution in [0.2, 0.25) is 0 Å². The number of halogens is 5. The van der Waals surface area contributed by atoms with Gasteiger partial charge in [0.1, 0.15) is 10.6 Å². The molecule has 0 heterocycles. The quantitative estimate of drug-likeness (QED) is 0.533. The largest absolute Gasteiger partial charge is 0.491 e. The zero-order chi connectivity index (χ0) is 15.6. The fourth-order valence-electron chi connectivity index (χ4n) is 1.37. The molecule has 0 amide bonds. The number of benzene rings is 1. The third-order valence-corrected chi connectivity index (χ3v) is 4.55. The van der Waals surface area contributed by atoms with Crippen LogP contribution in [-0.2, 0) is 9.05 Å². The van der Waals surface area contributed by atoms with Crippen molar-refractivity contribution in [3.63, 3.8) is 0 Å². The third-order valence-electron chi connectivity index (χ3n) is 2.06. The lowest BCUT2D eigenvalue weighted by Gasteiger charge is -2.13. The number of aryl methyl sites for hydroxylation is 1. The molecule has 0 aliphatic carbocycles. The molecule has 1 aromatic carbocycles. The van der Waals surface area contributed by atoms with Crippen molar-refractivity contribution in [2.75, 3.05) is 12.4 Å². The Bertz CT molecular complexity index is 590. The summed E-state index contributed by atoms with van der Waals surface area (Å²) in [6.45, 7) is 1.29. The van der Waals surface area contributed by atoms with Crippen LogP contribution in [0.25, 0.3) is 0 Å². The summed E-state index contributed by atoms with van der Waals surface area (Å²) in [7, 11) is 1.22. The van der Waals surface area contributed by atoms with Crippen molar-refractivity contribution in [2.45, 2.75) is 17.3 Å². The molecule has 0 radical (unpaired) electrons. The SMILES string of the molecule is Cc1cc(Br)cc(S(=O)(=O)Cl)c1OCCSC(F)(F)F. The zero-order valence-corrected chi connectivity index (χ0v) is 14.0. The van der Waals surface area contributed by atoms with Gasteiger partial charge in [0.05, 0.1) is 6.61 Å². The predicted molar refractivity (Wildman–Crippen MR) is 75.9 cm³/mol. The van der Waals surface area contributed by atoms with Crippen LogP contribution in [0.1, 0.15) is 5.56 Å². The molecule has 1 rings (SSSR count). The Labute approximate surface area is 131 Å². The lowest BCUT2D eigenvalue weighted by Crippen LogP contribution is -2.09. The standard InChI is InChI=1S/C10H9BrClF3O3S2/c1-6-4-7(11)5-8(20(12,16)17)9(6)18-2-3-19-10(13,14)15/h4-5H,2-3H2,1H3. The summed E-state index contributed by atoms with van der Waals surface area (Å²) in [6.07, 6.45) is 0. The number of ether oxygens (including phenoxy) is 1. The van der Waals surface area contributed by atoms with Crippen LogP contribution in [0.3, 0.4) is 0 Å². The van der Waals surface area contributed by atoms with Gasteiger partial charge in [-0.25, -0.2) is 8.42 Å². The fourth-order valence-corrected chi connectivity index (χ4v) is 3.54. The van der Waals surface area contributed by atoms with Crippen molar-refractivity contribution in [1.29, 1.82) is 0 Å². The Hall–Kier alpha value is -0.120. The number of thioether (sulfide) groups is 1. The first-order chi connectivity index (χ1) is 9.00. The van der Waals surface area contributed by atoms with Crippen LogP contribution >= 0.6 is 38.4 Å². The highest BCUT2D eigenvalue weighted by molar-refractivity contribution is 9.10. The summed E-state index contributed by atoms with van der Waals surface area (Å²) in [5.74, 6) is -0.383. The average molecular weight is 414 g/mol. The van der Waals surface area contributed by atoms with Gasteiger partial charge in [0.15, 0.2) is 0 Å². The van der Waals surface area contributed by atoms with E-state index >= 15 is 0 Å². The molecule has 0 N–H and O–H groups in total. The maximum absolute atomic E-state index is 12.0. The molecule has 0 saturated heterocycles. The van der Waals surface area contributed by atoms with Crippen molar-refractivity contribution < 1.29 is 26.3 Å². The Morgan fingerprint density at radius 2 is 2.00 bits per heavy atom. The minimum Gasteiger partial charge on any atom is -0.491 e. The zero-order valence-electron chi connectivity index (χ0n) is 10.00. The highest BCUT2D eigenvalue weighted by Gasteiger charge is 2.28. The molecule has 1 aromatic rings. The second kappa shape index (κ2) is 6.76. The monoisotopic (exact) mass is 412 g/mol. The first kappa shape index (κ1) is 17.9. The molecule has 0 fully saturated rings. The van der Waals surface area contributed by atoms with Gasteiger partial charge in [-0.05, 0) is 36.4 Å². The molecular formula is C10H9BrClF3O3S2. The lowest BCUT2D eigenvalue weighted by molar-refractivity contribution is -0.0329. The first-order valence-corrected chi connectivity index (χ1v) is 9.18. The van der Waals surface area contributed by atoms with E-state index in [-0.39, 0.29) is 34.8 Å². The highest BCUT2D eigenvalue weighted by Crippen LogP contribution is 2.34. The Morgan fingerprint density at radius 3 is 2.50 bits per heavy atom. The second-order valence-electron chi connectivity index (χ2n) is 3.63. The van der Waals surface area contributed by atoms with Crippen LogP contribution in [0, 0.1) is 6.92 Å². The van der Waals surface area contributed by atoms with E-state index in [0.717, 1.165) is 0 Å². The number of alkyl halides is 3. The molecule has 0 saturated carbocycles. The van der Waals surface area contributed by atoms with Crippen molar-refractivity contribution in [2.24, 2.45) is 0 Å². The third kappa shape index (κ3) is 5.71. The molecule has 114 valence electrons. The van der Waals surface area contributed by atoms with E-state index in [2.05, 4.69) is 15.9 Å². The minimum absolute atomic E-state index is 0.0361. The fraction of sp³-hybridized carbons (Fsp3) is 0.400. The van der Waals surface area contributed by atoms with Gasteiger partial charge in [-0.3, -0.25) is 0 Å². The van der Waals surface area contributed by atoms with E-state index in [9.17, 15) is 21.6 Å². The molecule has 0 atom stereocenters. The Balaban J connectivity index is 2.90. The molecule has 10 heteroatoms. The number of rotatable bonds is 5. The molecule has 0 aliphatic heterocycles. The maximum Gasteiger partial charge on any atom is 0.441 e. The molecule has 0 unspecified atom stereocenters. The summed E-state index contributed by atoms with van der Waals surface area (Å²) < 4.78 is 64.4. The summed E-state index contributed by atoms with van der Waals surface area (Å²) in [5, 5.41) is 0. The average Bonchev–Trinajstić information content (AvgIpc) is 2.23. The van der Waals surface area contributed by atoms with E-state index in [0.29, 0.717) is 10.0 Å². The van der Waals surface area contributed by atoms with Crippen LogP contribution < -0.4 is 4.74 Å².